The maximum atomic E-state index is 12.4. The van der Waals surface area contributed by atoms with E-state index in [2.05, 4.69) is 6.92 Å². The van der Waals surface area contributed by atoms with E-state index < -0.39 is 0 Å². The van der Waals surface area contributed by atoms with Crippen molar-refractivity contribution < 1.29 is 14.3 Å². The molecular formula is C17H25N3O3. The van der Waals surface area contributed by atoms with Crippen LogP contribution in [-0.2, 0) is 16.0 Å². The van der Waals surface area contributed by atoms with E-state index in [9.17, 15) is 9.59 Å². The van der Waals surface area contributed by atoms with Gasteiger partial charge in [-0.05, 0) is 36.5 Å². The molecule has 1 aromatic carbocycles. The molecule has 0 spiro atoms. The van der Waals surface area contributed by atoms with Gasteiger partial charge in [0, 0.05) is 19.1 Å². The Balaban J connectivity index is 1.89. The van der Waals surface area contributed by atoms with Crippen LogP contribution >= 0.6 is 0 Å². The van der Waals surface area contributed by atoms with E-state index in [1.807, 2.05) is 4.90 Å². The lowest BCUT2D eigenvalue weighted by molar-refractivity contribution is -0.138. The number of piperidine rings is 1. The zero-order valence-electron chi connectivity index (χ0n) is 13.5. The van der Waals surface area contributed by atoms with Crippen molar-refractivity contribution in [2.24, 2.45) is 17.4 Å². The van der Waals surface area contributed by atoms with Gasteiger partial charge in [0.25, 0.3) is 5.91 Å². The Morgan fingerprint density at radius 2 is 2.00 bits per heavy atom. The van der Waals surface area contributed by atoms with E-state index in [0.717, 1.165) is 24.9 Å². The van der Waals surface area contributed by atoms with Gasteiger partial charge in [-0.2, -0.15) is 0 Å². The highest BCUT2D eigenvalue weighted by atomic mass is 16.5. The van der Waals surface area contributed by atoms with Gasteiger partial charge in [0.15, 0.2) is 6.61 Å². The van der Waals surface area contributed by atoms with Crippen molar-refractivity contribution in [3.63, 3.8) is 0 Å². The van der Waals surface area contributed by atoms with E-state index in [4.69, 9.17) is 16.2 Å². The van der Waals surface area contributed by atoms with Gasteiger partial charge < -0.3 is 21.1 Å². The summed E-state index contributed by atoms with van der Waals surface area (Å²) in [6, 6.07) is 7.12. The number of ether oxygens (including phenoxy) is 1. The van der Waals surface area contributed by atoms with Gasteiger partial charge in [-0.25, -0.2) is 0 Å². The standard InChI is InChI=1S/C17H25N3O3/c1-12-3-2-8-20(15(12)10-18)17(22)11-23-14-6-4-13(5-7-14)9-16(19)21/h4-7,12,15H,2-3,8-11,18H2,1H3,(H2,19,21)/t12-,15-/m0/s1. The first kappa shape index (κ1) is 17.3. The number of carbonyl (C=O) groups excluding carboxylic acids is 2. The minimum absolute atomic E-state index is 0.00160. The molecule has 1 saturated heterocycles. The molecule has 0 radical (unpaired) electrons. The molecule has 0 bridgehead atoms. The molecular weight excluding hydrogens is 294 g/mol. The van der Waals surface area contributed by atoms with Crippen molar-refractivity contribution in [2.75, 3.05) is 19.7 Å². The summed E-state index contributed by atoms with van der Waals surface area (Å²) < 4.78 is 5.56. The number of nitrogens with two attached hydrogens (primary N) is 2. The van der Waals surface area contributed by atoms with Gasteiger partial charge in [0.1, 0.15) is 5.75 Å². The van der Waals surface area contributed by atoms with E-state index in [-0.39, 0.29) is 30.9 Å². The minimum Gasteiger partial charge on any atom is -0.484 e. The zero-order valence-corrected chi connectivity index (χ0v) is 13.5. The Labute approximate surface area is 136 Å². The van der Waals surface area contributed by atoms with Crippen molar-refractivity contribution in [3.8, 4) is 5.75 Å². The number of amides is 2. The van der Waals surface area contributed by atoms with Gasteiger partial charge in [0.2, 0.25) is 5.91 Å². The molecule has 1 heterocycles. The normalized spacial score (nSPS) is 21.0. The number of benzene rings is 1. The van der Waals surface area contributed by atoms with Crippen LogP contribution in [0.3, 0.4) is 0 Å². The van der Waals surface area contributed by atoms with Crippen LogP contribution in [0.1, 0.15) is 25.3 Å². The maximum absolute atomic E-state index is 12.4. The first-order valence-corrected chi connectivity index (χ1v) is 8.01. The van der Waals surface area contributed by atoms with Crippen molar-refractivity contribution in [3.05, 3.63) is 29.8 Å². The molecule has 1 aliphatic rings. The lowest BCUT2D eigenvalue weighted by Gasteiger charge is -2.39. The first-order valence-electron chi connectivity index (χ1n) is 8.01. The zero-order chi connectivity index (χ0) is 16.8. The van der Waals surface area contributed by atoms with Gasteiger partial charge in [-0.15, -0.1) is 0 Å². The lowest BCUT2D eigenvalue weighted by atomic mass is 9.91. The predicted molar refractivity (Wildman–Crippen MR) is 87.8 cm³/mol. The van der Waals surface area contributed by atoms with Crippen LogP contribution in [-0.4, -0.2) is 42.5 Å². The number of hydrogen-bond acceptors (Lipinski definition) is 4. The number of rotatable bonds is 6. The largest absolute Gasteiger partial charge is 0.484 e. The summed E-state index contributed by atoms with van der Waals surface area (Å²) in [4.78, 5) is 25.1. The third-order valence-electron chi connectivity index (χ3n) is 4.34. The molecule has 2 atom stereocenters. The highest BCUT2D eigenvalue weighted by molar-refractivity contribution is 5.78. The second kappa shape index (κ2) is 7.97. The number of primary amides is 1. The van der Waals surface area contributed by atoms with Crippen LogP contribution < -0.4 is 16.2 Å². The fourth-order valence-electron chi connectivity index (χ4n) is 3.05. The molecule has 2 rings (SSSR count). The molecule has 0 saturated carbocycles. The number of hydrogen-bond donors (Lipinski definition) is 2. The third kappa shape index (κ3) is 4.69. The molecule has 1 aromatic rings. The molecule has 0 aliphatic carbocycles. The monoisotopic (exact) mass is 319 g/mol. The van der Waals surface area contributed by atoms with Crippen molar-refractivity contribution in [2.45, 2.75) is 32.2 Å². The average molecular weight is 319 g/mol. The third-order valence-corrected chi connectivity index (χ3v) is 4.34. The number of likely N-dealkylation sites (tertiary alicyclic amines) is 1. The van der Waals surface area contributed by atoms with Crippen LogP contribution in [0, 0.1) is 5.92 Å². The van der Waals surface area contributed by atoms with Crippen molar-refractivity contribution >= 4 is 11.8 Å². The topological polar surface area (TPSA) is 98.6 Å². The molecule has 0 unspecified atom stereocenters. The average Bonchev–Trinajstić information content (AvgIpc) is 2.53. The van der Waals surface area contributed by atoms with Gasteiger partial charge in [-0.1, -0.05) is 19.1 Å². The van der Waals surface area contributed by atoms with Gasteiger partial charge in [0.05, 0.1) is 6.42 Å². The molecule has 1 aliphatic heterocycles. The molecule has 126 valence electrons. The fourth-order valence-corrected chi connectivity index (χ4v) is 3.05. The first-order chi connectivity index (χ1) is 11.0. The van der Waals surface area contributed by atoms with Crippen molar-refractivity contribution in [1.82, 2.24) is 4.90 Å². The summed E-state index contributed by atoms with van der Waals surface area (Å²) >= 11 is 0. The smallest absolute Gasteiger partial charge is 0.260 e. The number of nitrogens with zero attached hydrogens (tertiary/aromatic N) is 1. The van der Waals surface area contributed by atoms with Gasteiger partial charge in [-0.3, -0.25) is 9.59 Å². The summed E-state index contributed by atoms with van der Waals surface area (Å²) in [5.41, 5.74) is 11.8. The number of carbonyl (C=O) groups is 2. The Bertz CT molecular complexity index is 545. The Morgan fingerprint density at radius 1 is 1.30 bits per heavy atom. The van der Waals surface area contributed by atoms with Crippen LogP contribution in [0.15, 0.2) is 24.3 Å². The Kier molecular flexibility index (Phi) is 5.98. The quantitative estimate of drug-likeness (QED) is 0.805. The van der Waals surface area contributed by atoms with E-state index in [1.165, 1.54) is 0 Å². The van der Waals surface area contributed by atoms with Gasteiger partial charge >= 0.3 is 0 Å². The molecule has 6 nitrogen and oxygen atoms in total. The summed E-state index contributed by atoms with van der Waals surface area (Å²) in [7, 11) is 0. The lowest BCUT2D eigenvalue weighted by Crippen LogP contribution is -2.52. The highest BCUT2D eigenvalue weighted by Crippen LogP contribution is 2.23. The van der Waals surface area contributed by atoms with E-state index in [0.29, 0.717) is 18.2 Å². The predicted octanol–water partition coefficient (Wildman–Crippen LogP) is 0.679. The molecule has 23 heavy (non-hydrogen) atoms. The maximum Gasteiger partial charge on any atom is 0.260 e. The van der Waals surface area contributed by atoms with Crippen LogP contribution in [0.5, 0.6) is 5.75 Å². The second-order valence-corrected chi connectivity index (χ2v) is 6.09. The molecule has 4 N–H and O–H groups in total. The van der Waals surface area contributed by atoms with Crippen LogP contribution in [0.4, 0.5) is 0 Å². The Hall–Kier alpha value is -2.08. The SMILES string of the molecule is C[C@H]1CCCN(C(=O)COc2ccc(CC(N)=O)cc2)[C@H]1CN. The van der Waals surface area contributed by atoms with Crippen LogP contribution in [0.2, 0.25) is 0 Å². The van der Waals surface area contributed by atoms with E-state index in [1.54, 1.807) is 24.3 Å². The fraction of sp³-hybridized carbons (Fsp3) is 0.529. The molecule has 1 fully saturated rings. The summed E-state index contributed by atoms with van der Waals surface area (Å²) in [5, 5.41) is 0. The summed E-state index contributed by atoms with van der Waals surface area (Å²) in [6.07, 6.45) is 2.31. The molecule has 6 heteroatoms. The molecule has 0 aromatic heterocycles. The van der Waals surface area contributed by atoms with Crippen LogP contribution in [0.25, 0.3) is 0 Å². The molecule has 2 amide bonds. The van der Waals surface area contributed by atoms with Crippen molar-refractivity contribution in [1.29, 1.82) is 0 Å². The van der Waals surface area contributed by atoms with E-state index >= 15 is 0 Å². The summed E-state index contributed by atoms with van der Waals surface area (Å²) in [5.74, 6) is 0.612. The highest BCUT2D eigenvalue weighted by Gasteiger charge is 2.30. The minimum atomic E-state index is -0.374. The Morgan fingerprint density at radius 3 is 2.61 bits per heavy atom. The second-order valence-electron chi connectivity index (χ2n) is 6.09. The summed E-state index contributed by atoms with van der Waals surface area (Å²) in [6.45, 7) is 3.36.